The molecule has 116 valence electrons. The van der Waals surface area contributed by atoms with E-state index in [0.717, 1.165) is 0 Å². The monoisotopic (exact) mass is 289 g/mol. The molecule has 0 aliphatic rings. The predicted molar refractivity (Wildman–Crippen MR) is 71.2 cm³/mol. The average Bonchev–Trinajstić information content (AvgIpc) is 2.39. The second-order valence-corrected chi connectivity index (χ2v) is 4.43. The lowest BCUT2D eigenvalue weighted by molar-refractivity contribution is -0.158. The van der Waals surface area contributed by atoms with Gasteiger partial charge in [0.15, 0.2) is 0 Å². The number of nitrogens with two attached hydrogens (primary N) is 3. The maximum atomic E-state index is 11.5. The van der Waals surface area contributed by atoms with Crippen LogP contribution in [0.25, 0.3) is 0 Å². The summed E-state index contributed by atoms with van der Waals surface area (Å²) in [5.41, 5.74) is 15.7. The molecule has 0 aromatic heterocycles. The molecule has 0 heterocycles. The Labute approximate surface area is 117 Å². The van der Waals surface area contributed by atoms with Gasteiger partial charge in [-0.15, -0.1) is 0 Å². The number of ether oxygens (including phenoxy) is 2. The SMILES string of the molecule is CC(COC(=O)C(N)CCC(N)=O)OC(=O)CCCN. The van der Waals surface area contributed by atoms with Gasteiger partial charge in [-0.1, -0.05) is 0 Å². The van der Waals surface area contributed by atoms with E-state index in [1.54, 1.807) is 6.92 Å². The lowest BCUT2D eigenvalue weighted by Crippen LogP contribution is -2.35. The molecule has 0 aliphatic heterocycles. The fraction of sp³-hybridized carbons (Fsp3) is 0.750. The molecule has 2 unspecified atom stereocenters. The molecule has 6 N–H and O–H groups in total. The number of primary amides is 1. The summed E-state index contributed by atoms with van der Waals surface area (Å²) in [7, 11) is 0. The maximum absolute atomic E-state index is 11.5. The Hall–Kier alpha value is -1.67. The summed E-state index contributed by atoms with van der Waals surface area (Å²) in [6.07, 6.45) is 0.349. The van der Waals surface area contributed by atoms with E-state index < -0.39 is 30.0 Å². The van der Waals surface area contributed by atoms with E-state index in [-0.39, 0.29) is 25.9 Å². The lowest BCUT2D eigenvalue weighted by atomic mass is 10.1. The number of hydrogen-bond acceptors (Lipinski definition) is 7. The third-order valence-corrected chi connectivity index (χ3v) is 2.38. The van der Waals surface area contributed by atoms with Gasteiger partial charge in [-0.25, -0.2) is 0 Å². The van der Waals surface area contributed by atoms with Crippen LogP contribution in [-0.4, -0.2) is 43.1 Å². The highest BCUT2D eigenvalue weighted by atomic mass is 16.6. The van der Waals surface area contributed by atoms with Crippen LogP contribution in [0.15, 0.2) is 0 Å². The molecule has 1 amide bonds. The predicted octanol–water partition coefficient (Wildman–Crippen LogP) is -1.21. The molecule has 2 atom stereocenters. The second-order valence-electron chi connectivity index (χ2n) is 4.43. The number of rotatable bonds is 10. The molecule has 0 radical (unpaired) electrons. The van der Waals surface area contributed by atoms with Crippen LogP contribution in [0.3, 0.4) is 0 Å². The number of hydrogen-bond donors (Lipinski definition) is 3. The number of esters is 2. The molecule has 8 nitrogen and oxygen atoms in total. The Kier molecular flexibility index (Phi) is 9.31. The fourth-order valence-corrected chi connectivity index (χ4v) is 1.29. The molecule has 0 aliphatic carbocycles. The van der Waals surface area contributed by atoms with Crippen molar-refractivity contribution < 1.29 is 23.9 Å². The molecule has 0 spiro atoms. The average molecular weight is 289 g/mol. The molecular formula is C12H23N3O5. The molecule has 8 heteroatoms. The number of amides is 1. The smallest absolute Gasteiger partial charge is 0.323 e. The van der Waals surface area contributed by atoms with Gasteiger partial charge >= 0.3 is 11.9 Å². The van der Waals surface area contributed by atoms with E-state index in [4.69, 9.17) is 26.7 Å². The molecule has 20 heavy (non-hydrogen) atoms. The number of carbonyl (C=O) groups is 3. The van der Waals surface area contributed by atoms with Crippen LogP contribution in [0, 0.1) is 0 Å². The summed E-state index contributed by atoms with van der Waals surface area (Å²) < 4.78 is 9.88. The Balaban J connectivity index is 3.87. The highest BCUT2D eigenvalue weighted by molar-refractivity contribution is 5.78. The third-order valence-electron chi connectivity index (χ3n) is 2.38. The zero-order chi connectivity index (χ0) is 15.5. The summed E-state index contributed by atoms with van der Waals surface area (Å²) in [6, 6.07) is -0.914. The minimum Gasteiger partial charge on any atom is -0.461 e. The van der Waals surface area contributed by atoms with Crippen molar-refractivity contribution in [3.63, 3.8) is 0 Å². The lowest BCUT2D eigenvalue weighted by Gasteiger charge is -2.15. The Bertz CT molecular complexity index is 335. The van der Waals surface area contributed by atoms with Crippen LogP contribution >= 0.6 is 0 Å². The van der Waals surface area contributed by atoms with Gasteiger partial charge < -0.3 is 26.7 Å². The minimum absolute atomic E-state index is 0.0138. The largest absolute Gasteiger partial charge is 0.461 e. The van der Waals surface area contributed by atoms with Crippen molar-refractivity contribution in [2.45, 2.75) is 44.8 Å². The molecular weight excluding hydrogens is 266 g/mol. The van der Waals surface area contributed by atoms with Gasteiger partial charge in [-0.2, -0.15) is 0 Å². The van der Waals surface area contributed by atoms with Crippen molar-refractivity contribution in [2.75, 3.05) is 13.2 Å². The van der Waals surface area contributed by atoms with Crippen LogP contribution in [-0.2, 0) is 23.9 Å². The first-order chi connectivity index (χ1) is 9.36. The van der Waals surface area contributed by atoms with Crippen LogP contribution in [0.2, 0.25) is 0 Å². The number of carbonyl (C=O) groups excluding carboxylic acids is 3. The summed E-state index contributed by atoms with van der Waals surface area (Å²) >= 11 is 0. The van der Waals surface area contributed by atoms with Crippen LogP contribution in [0.1, 0.15) is 32.6 Å². The van der Waals surface area contributed by atoms with E-state index in [9.17, 15) is 14.4 Å². The van der Waals surface area contributed by atoms with Crippen molar-refractivity contribution in [1.29, 1.82) is 0 Å². The van der Waals surface area contributed by atoms with Crippen molar-refractivity contribution >= 4 is 17.8 Å². The van der Waals surface area contributed by atoms with Gasteiger partial charge in [0.2, 0.25) is 5.91 Å². The zero-order valence-electron chi connectivity index (χ0n) is 11.7. The first kappa shape index (κ1) is 18.3. The summed E-state index contributed by atoms with van der Waals surface area (Å²) in [5, 5.41) is 0. The van der Waals surface area contributed by atoms with E-state index in [1.165, 1.54) is 0 Å². The Morgan fingerprint density at radius 1 is 1.20 bits per heavy atom. The van der Waals surface area contributed by atoms with Gasteiger partial charge in [0.1, 0.15) is 18.8 Å². The van der Waals surface area contributed by atoms with E-state index in [2.05, 4.69) is 0 Å². The molecule has 0 saturated heterocycles. The topological polar surface area (TPSA) is 148 Å². The fourth-order valence-electron chi connectivity index (χ4n) is 1.29. The van der Waals surface area contributed by atoms with E-state index in [1.807, 2.05) is 0 Å². The summed E-state index contributed by atoms with van der Waals surface area (Å²) in [6.45, 7) is 1.92. The van der Waals surface area contributed by atoms with E-state index >= 15 is 0 Å². The molecule has 0 aromatic carbocycles. The Morgan fingerprint density at radius 3 is 2.40 bits per heavy atom. The van der Waals surface area contributed by atoms with Gasteiger partial charge in [0.05, 0.1) is 0 Å². The maximum Gasteiger partial charge on any atom is 0.323 e. The van der Waals surface area contributed by atoms with Crippen molar-refractivity contribution in [3.8, 4) is 0 Å². The standard InChI is InChI=1S/C12H23N3O5/c1-8(20-11(17)3-2-6-13)7-19-12(18)9(14)4-5-10(15)16/h8-9H,2-7,13-14H2,1H3,(H2,15,16). The van der Waals surface area contributed by atoms with Crippen molar-refractivity contribution in [3.05, 3.63) is 0 Å². The van der Waals surface area contributed by atoms with E-state index in [0.29, 0.717) is 13.0 Å². The van der Waals surface area contributed by atoms with Crippen LogP contribution in [0.5, 0.6) is 0 Å². The van der Waals surface area contributed by atoms with Crippen LogP contribution in [0.4, 0.5) is 0 Å². The Morgan fingerprint density at radius 2 is 1.85 bits per heavy atom. The molecule has 0 saturated carbocycles. The van der Waals surface area contributed by atoms with Gasteiger partial charge in [0, 0.05) is 12.8 Å². The van der Waals surface area contributed by atoms with Gasteiger partial charge in [-0.3, -0.25) is 14.4 Å². The normalized spacial score (nSPS) is 13.3. The molecule has 0 bridgehead atoms. The van der Waals surface area contributed by atoms with Crippen molar-refractivity contribution in [2.24, 2.45) is 17.2 Å². The van der Waals surface area contributed by atoms with Gasteiger partial charge in [0.25, 0.3) is 0 Å². The van der Waals surface area contributed by atoms with Gasteiger partial charge in [-0.05, 0) is 26.3 Å². The highest BCUT2D eigenvalue weighted by Gasteiger charge is 2.18. The first-order valence-corrected chi connectivity index (χ1v) is 6.46. The zero-order valence-corrected chi connectivity index (χ0v) is 11.7. The molecule has 0 rings (SSSR count). The highest BCUT2D eigenvalue weighted by Crippen LogP contribution is 2.01. The molecule has 0 aromatic rings. The van der Waals surface area contributed by atoms with Crippen molar-refractivity contribution in [1.82, 2.24) is 0 Å². The summed E-state index contributed by atoms with van der Waals surface area (Å²) in [4.78, 5) is 33.3. The second kappa shape index (κ2) is 10.2. The minimum atomic E-state index is -0.914. The summed E-state index contributed by atoms with van der Waals surface area (Å²) in [5.74, 6) is -1.58. The first-order valence-electron chi connectivity index (χ1n) is 6.46. The van der Waals surface area contributed by atoms with Crippen LogP contribution < -0.4 is 17.2 Å². The molecule has 0 fully saturated rings. The quantitative estimate of drug-likeness (QED) is 0.427. The third kappa shape index (κ3) is 9.29.